The molecule has 0 aliphatic carbocycles. The molecule has 0 bridgehead atoms. The van der Waals surface area contributed by atoms with Crippen LogP contribution in [0, 0.1) is 0 Å². The largest absolute Gasteiger partial charge is 0.493 e. The minimum Gasteiger partial charge on any atom is -0.493 e. The van der Waals surface area contributed by atoms with Crippen LogP contribution in [0.3, 0.4) is 0 Å². The molecule has 0 unspecified atom stereocenters. The third-order valence-corrected chi connectivity index (χ3v) is 4.22. The summed E-state index contributed by atoms with van der Waals surface area (Å²) in [5.74, 6) is 1.85. The summed E-state index contributed by atoms with van der Waals surface area (Å²) in [7, 11) is 8.58. The van der Waals surface area contributed by atoms with Gasteiger partial charge in [-0.1, -0.05) is 30.3 Å². The standard InChI is InChI=1S/C18H17NO3S.C2H7N/c1-20-15-9-13(10-16(21-2)18(15)22-3)14-11-23-19-17(14)12-7-5-4-6-8-12;1-3-2/h4-11H,1-3H3;3H,1-2H3. The van der Waals surface area contributed by atoms with Gasteiger partial charge in [-0.15, -0.1) is 0 Å². The molecule has 1 heterocycles. The smallest absolute Gasteiger partial charge is 0.203 e. The summed E-state index contributed by atoms with van der Waals surface area (Å²) in [5.41, 5.74) is 4.05. The molecular weight excluding hydrogens is 348 g/mol. The van der Waals surface area contributed by atoms with Crippen molar-refractivity contribution in [2.75, 3.05) is 35.4 Å². The first kappa shape index (κ1) is 19.8. The second-order valence-electron chi connectivity index (χ2n) is 5.36. The van der Waals surface area contributed by atoms with E-state index in [0.717, 1.165) is 22.4 Å². The van der Waals surface area contributed by atoms with E-state index in [9.17, 15) is 0 Å². The molecular formula is C20H24N2O3S. The molecule has 0 aliphatic heterocycles. The van der Waals surface area contributed by atoms with Crippen molar-refractivity contribution in [3.63, 3.8) is 0 Å². The van der Waals surface area contributed by atoms with Crippen LogP contribution < -0.4 is 19.5 Å². The average Bonchev–Trinajstić information content (AvgIpc) is 3.18. The van der Waals surface area contributed by atoms with E-state index in [2.05, 4.69) is 21.8 Å². The molecule has 26 heavy (non-hydrogen) atoms. The number of benzene rings is 2. The van der Waals surface area contributed by atoms with Gasteiger partial charge < -0.3 is 19.5 Å². The highest BCUT2D eigenvalue weighted by Crippen LogP contribution is 2.43. The number of nitrogens with one attached hydrogen (secondary N) is 1. The van der Waals surface area contributed by atoms with E-state index in [0.29, 0.717) is 17.2 Å². The molecule has 5 nitrogen and oxygen atoms in total. The zero-order chi connectivity index (χ0) is 18.9. The van der Waals surface area contributed by atoms with Gasteiger partial charge in [0, 0.05) is 16.5 Å². The van der Waals surface area contributed by atoms with Crippen molar-refractivity contribution in [2.24, 2.45) is 0 Å². The lowest BCUT2D eigenvalue weighted by molar-refractivity contribution is 0.324. The number of methoxy groups -OCH3 is 3. The van der Waals surface area contributed by atoms with E-state index < -0.39 is 0 Å². The lowest BCUT2D eigenvalue weighted by Crippen LogP contribution is -1.95. The predicted octanol–water partition coefficient (Wildman–Crippen LogP) is 4.34. The maximum Gasteiger partial charge on any atom is 0.203 e. The summed E-state index contributed by atoms with van der Waals surface area (Å²) in [6.45, 7) is 0. The molecule has 0 radical (unpaired) electrons. The van der Waals surface area contributed by atoms with E-state index in [1.54, 1.807) is 21.3 Å². The molecule has 1 aromatic heterocycles. The highest BCUT2D eigenvalue weighted by atomic mass is 32.1. The highest BCUT2D eigenvalue weighted by Gasteiger charge is 2.17. The number of rotatable bonds is 5. The Balaban J connectivity index is 0.000000758. The quantitative estimate of drug-likeness (QED) is 0.722. The second-order valence-corrected chi connectivity index (χ2v) is 5.99. The summed E-state index contributed by atoms with van der Waals surface area (Å²) in [6.07, 6.45) is 0. The van der Waals surface area contributed by atoms with Gasteiger partial charge in [-0.25, -0.2) is 0 Å². The predicted molar refractivity (Wildman–Crippen MR) is 108 cm³/mol. The first-order valence-electron chi connectivity index (χ1n) is 8.08. The molecule has 6 heteroatoms. The summed E-state index contributed by atoms with van der Waals surface area (Å²) in [6, 6.07) is 14.0. The molecule has 3 aromatic rings. The van der Waals surface area contributed by atoms with Crippen LogP contribution in [0.1, 0.15) is 0 Å². The Bertz CT molecular complexity index is 794. The van der Waals surface area contributed by atoms with Crippen LogP contribution in [0.2, 0.25) is 0 Å². The fraction of sp³-hybridized carbons (Fsp3) is 0.250. The zero-order valence-electron chi connectivity index (χ0n) is 15.7. The molecule has 138 valence electrons. The average molecular weight is 372 g/mol. The summed E-state index contributed by atoms with van der Waals surface area (Å²) >= 11 is 1.43. The molecule has 0 atom stereocenters. The van der Waals surface area contributed by atoms with Gasteiger partial charge in [0.1, 0.15) is 0 Å². The Labute approximate surface area is 158 Å². The van der Waals surface area contributed by atoms with Gasteiger partial charge in [-0.2, -0.15) is 4.37 Å². The lowest BCUT2D eigenvalue weighted by Gasteiger charge is -2.14. The maximum atomic E-state index is 5.44. The molecule has 3 rings (SSSR count). The third-order valence-electron chi connectivity index (χ3n) is 3.59. The Morgan fingerprint density at radius 2 is 1.42 bits per heavy atom. The molecule has 0 saturated carbocycles. The highest BCUT2D eigenvalue weighted by molar-refractivity contribution is 7.04. The van der Waals surface area contributed by atoms with Gasteiger partial charge in [0.2, 0.25) is 5.75 Å². The van der Waals surface area contributed by atoms with Gasteiger partial charge in [0.15, 0.2) is 11.5 Å². The number of ether oxygens (including phenoxy) is 3. The Kier molecular flexibility index (Phi) is 7.44. The van der Waals surface area contributed by atoms with Crippen LogP contribution in [0.15, 0.2) is 47.8 Å². The Morgan fingerprint density at radius 3 is 1.92 bits per heavy atom. The van der Waals surface area contributed by atoms with Crippen LogP contribution in [0.25, 0.3) is 22.4 Å². The van der Waals surface area contributed by atoms with Crippen LogP contribution in [-0.2, 0) is 0 Å². The normalized spacial score (nSPS) is 9.88. The van der Waals surface area contributed by atoms with Crippen molar-refractivity contribution in [3.05, 3.63) is 47.8 Å². The van der Waals surface area contributed by atoms with E-state index in [1.165, 1.54) is 11.5 Å². The molecule has 2 aromatic carbocycles. The number of hydrogen-bond acceptors (Lipinski definition) is 6. The summed E-state index contributed by atoms with van der Waals surface area (Å²) < 4.78 is 20.8. The number of nitrogens with zero attached hydrogens (tertiary/aromatic N) is 1. The first-order valence-corrected chi connectivity index (χ1v) is 8.92. The molecule has 0 spiro atoms. The fourth-order valence-corrected chi connectivity index (χ4v) is 3.20. The van der Waals surface area contributed by atoms with E-state index >= 15 is 0 Å². The van der Waals surface area contributed by atoms with Crippen molar-refractivity contribution < 1.29 is 14.2 Å². The summed E-state index contributed by atoms with van der Waals surface area (Å²) in [4.78, 5) is 0. The minimum absolute atomic E-state index is 0.586. The maximum absolute atomic E-state index is 5.44. The summed E-state index contributed by atoms with van der Waals surface area (Å²) in [5, 5.41) is 4.78. The van der Waals surface area contributed by atoms with Crippen molar-refractivity contribution in [1.82, 2.24) is 9.69 Å². The topological polar surface area (TPSA) is 52.6 Å². The Hall–Kier alpha value is -2.57. The van der Waals surface area contributed by atoms with Crippen LogP contribution >= 0.6 is 11.5 Å². The molecule has 0 saturated heterocycles. The van der Waals surface area contributed by atoms with E-state index in [4.69, 9.17) is 14.2 Å². The fourth-order valence-electron chi connectivity index (χ4n) is 2.48. The van der Waals surface area contributed by atoms with Crippen molar-refractivity contribution in [3.8, 4) is 39.6 Å². The van der Waals surface area contributed by atoms with Gasteiger partial charge in [-0.05, 0) is 43.3 Å². The number of hydrogen-bond donors (Lipinski definition) is 1. The SMILES string of the molecule is CNC.COc1cc(-c2csnc2-c2ccccc2)cc(OC)c1OC. The van der Waals surface area contributed by atoms with Gasteiger partial charge in [0.25, 0.3) is 0 Å². The van der Waals surface area contributed by atoms with E-state index in [1.807, 2.05) is 49.8 Å². The van der Waals surface area contributed by atoms with Crippen LogP contribution in [-0.4, -0.2) is 39.8 Å². The third kappa shape index (κ3) is 4.33. The van der Waals surface area contributed by atoms with Gasteiger partial charge in [0.05, 0.1) is 27.0 Å². The first-order chi connectivity index (χ1) is 12.7. The molecule has 0 amide bonds. The van der Waals surface area contributed by atoms with Crippen LogP contribution in [0.4, 0.5) is 0 Å². The second kappa shape index (κ2) is 9.79. The van der Waals surface area contributed by atoms with E-state index in [-0.39, 0.29) is 0 Å². The zero-order valence-corrected chi connectivity index (χ0v) is 16.5. The van der Waals surface area contributed by atoms with Gasteiger partial charge in [-0.3, -0.25) is 0 Å². The van der Waals surface area contributed by atoms with Crippen molar-refractivity contribution in [2.45, 2.75) is 0 Å². The number of aromatic nitrogens is 1. The lowest BCUT2D eigenvalue weighted by atomic mass is 10.0. The van der Waals surface area contributed by atoms with Crippen molar-refractivity contribution >= 4 is 11.5 Å². The van der Waals surface area contributed by atoms with Crippen LogP contribution in [0.5, 0.6) is 17.2 Å². The molecule has 1 N–H and O–H groups in total. The molecule has 0 aliphatic rings. The Morgan fingerprint density at radius 1 is 0.846 bits per heavy atom. The van der Waals surface area contributed by atoms with Gasteiger partial charge >= 0.3 is 0 Å². The minimum atomic E-state index is 0.586. The molecule has 0 fully saturated rings. The monoisotopic (exact) mass is 372 g/mol. The van der Waals surface area contributed by atoms with Crippen molar-refractivity contribution in [1.29, 1.82) is 0 Å².